The van der Waals surface area contributed by atoms with Crippen LogP contribution < -0.4 is 9.64 Å². The predicted octanol–water partition coefficient (Wildman–Crippen LogP) is 4.52. The number of H-pyrrole nitrogens is 1. The lowest BCUT2D eigenvalue weighted by atomic mass is 9.65. The summed E-state index contributed by atoms with van der Waals surface area (Å²) in [5, 5.41) is 1.04. The zero-order valence-electron chi connectivity index (χ0n) is 16.0. The average Bonchev–Trinajstić information content (AvgIpc) is 3.08. The SMILES string of the molecule is COc1cccc2[nH]c3c(N4C[C@]5(C)C[C@@H]4CC(C)(C)C5)ncnc3c12. The third kappa shape index (κ3) is 2.22. The molecule has 5 rings (SSSR count). The lowest BCUT2D eigenvalue weighted by Gasteiger charge is -2.39. The molecule has 5 heteroatoms. The summed E-state index contributed by atoms with van der Waals surface area (Å²) in [6.07, 6.45) is 5.46. The maximum Gasteiger partial charge on any atom is 0.156 e. The van der Waals surface area contributed by atoms with E-state index >= 15 is 0 Å². The first-order valence-electron chi connectivity index (χ1n) is 9.45. The van der Waals surface area contributed by atoms with Crippen LogP contribution in [0.3, 0.4) is 0 Å². The standard InChI is InChI=1S/C21H26N4O/c1-20(2)8-13-9-21(3,10-20)11-25(13)19-18-17(22-12-23-19)16-14(24-18)6-5-7-15(16)26-4/h5-7,12-13,24H,8-11H2,1-4H3/t13-,21+/m0/s1. The number of ether oxygens (including phenoxy) is 1. The Hall–Kier alpha value is -2.30. The molecule has 0 amide bonds. The number of aromatic nitrogens is 3. The first kappa shape index (κ1) is 15.9. The number of nitrogens with one attached hydrogen (secondary N) is 1. The van der Waals surface area contributed by atoms with Crippen LogP contribution in [0.15, 0.2) is 24.5 Å². The molecule has 0 radical (unpaired) electrons. The third-order valence-electron chi connectivity index (χ3n) is 6.26. The van der Waals surface area contributed by atoms with E-state index in [1.54, 1.807) is 13.4 Å². The lowest BCUT2D eigenvalue weighted by Crippen LogP contribution is -2.35. The van der Waals surface area contributed by atoms with Crippen LogP contribution >= 0.6 is 0 Å². The second-order valence-electron chi connectivity index (χ2n) is 9.27. The van der Waals surface area contributed by atoms with Gasteiger partial charge in [0.05, 0.1) is 18.0 Å². The van der Waals surface area contributed by atoms with Gasteiger partial charge >= 0.3 is 0 Å². The Morgan fingerprint density at radius 2 is 2.04 bits per heavy atom. The Kier molecular flexibility index (Phi) is 3.13. The van der Waals surface area contributed by atoms with Gasteiger partial charge in [-0.15, -0.1) is 0 Å². The van der Waals surface area contributed by atoms with Crippen LogP contribution in [0.25, 0.3) is 21.9 Å². The van der Waals surface area contributed by atoms with Crippen LogP contribution in [0.2, 0.25) is 0 Å². The quantitative estimate of drug-likeness (QED) is 0.738. The van der Waals surface area contributed by atoms with Gasteiger partial charge in [0.1, 0.15) is 23.1 Å². The molecule has 1 aromatic carbocycles. The summed E-state index contributed by atoms with van der Waals surface area (Å²) in [7, 11) is 1.71. The lowest BCUT2D eigenvalue weighted by molar-refractivity contribution is 0.136. The largest absolute Gasteiger partial charge is 0.496 e. The first-order chi connectivity index (χ1) is 12.4. The van der Waals surface area contributed by atoms with E-state index in [4.69, 9.17) is 9.72 Å². The van der Waals surface area contributed by atoms with Crippen molar-refractivity contribution in [1.82, 2.24) is 15.0 Å². The number of benzene rings is 1. The Labute approximate surface area is 153 Å². The number of hydrogen-bond donors (Lipinski definition) is 1. The number of rotatable bonds is 2. The summed E-state index contributed by atoms with van der Waals surface area (Å²) in [6, 6.07) is 6.63. The van der Waals surface area contributed by atoms with Crippen LogP contribution in [0.1, 0.15) is 40.0 Å². The van der Waals surface area contributed by atoms with Gasteiger partial charge in [-0.05, 0) is 42.2 Å². The van der Waals surface area contributed by atoms with Gasteiger partial charge in [-0.25, -0.2) is 9.97 Å². The minimum Gasteiger partial charge on any atom is -0.496 e. The first-order valence-corrected chi connectivity index (χ1v) is 9.45. The van der Waals surface area contributed by atoms with E-state index in [0.29, 0.717) is 16.9 Å². The molecule has 2 atom stereocenters. The molecule has 1 N–H and O–H groups in total. The minimum absolute atomic E-state index is 0.368. The number of fused-ring (bicyclic) bond motifs is 5. The molecule has 2 aliphatic rings. The Morgan fingerprint density at radius 1 is 1.19 bits per heavy atom. The second-order valence-corrected chi connectivity index (χ2v) is 9.27. The molecule has 0 unspecified atom stereocenters. The molecule has 136 valence electrons. The van der Waals surface area contributed by atoms with Crippen LogP contribution in [-0.2, 0) is 0 Å². The highest BCUT2D eigenvalue weighted by atomic mass is 16.5. The Balaban J connectivity index is 1.69. The smallest absolute Gasteiger partial charge is 0.156 e. The van der Waals surface area contributed by atoms with Crippen molar-refractivity contribution in [2.24, 2.45) is 10.8 Å². The van der Waals surface area contributed by atoms with Crippen molar-refractivity contribution in [3.05, 3.63) is 24.5 Å². The summed E-state index contributed by atoms with van der Waals surface area (Å²) in [5.41, 5.74) is 3.79. The maximum absolute atomic E-state index is 5.58. The summed E-state index contributed by atoms with van der Waals surface area (Å²) in [5.74, 6) is 1.89. The molecule has 1 saturated carbocycles. The molecule has 3 heterocycles. The van der Waals surface area contributed by atoms with Gasteiger partial charge in [0.2, 0.25) is 0 Å². The average molecular weight is 350 g/mol. The van der Waals surface area contributed by atoms with Crippen LogP contribution in [0.4, 0.5) is 5.82 Å². The van der Waals surface area contributed by atoms with Gasteiger partial charge in [0.15, 0.2) is 5.82 Å². The highest BCUT2D eigenvalue weighted by Crippen LogP contribution is 2.53. The number of nitrogens with zero attached hydrogens (tertiary/aromatic N) is 3. The number of anilines is 1. The second kappa shape index (κ2) is 5.12. The Morgan fingerprint density at radius 3 is 2.85 bits per heavy atom. The number of methoxy groups -OCH3 is 1. The molecule has 2 aromatic heterocycles. The zero-order chi connectivity index (χ0) is 18.1. The molecule has 1 aliphatic heterocycles. The molecule has 2 bridgehead atoms. The van der Waals surface area contributed by atoms with Gasteiger partial charge < -0.3 is 14.6 Å². The monoisotopic (exact) mass is 350 g/mol. The van der Waals surface area contributed by atoms with Crippen molar-refractivity contribution in [2.75, 3.05) is 18.6 Å². The molecular weight excluding hydrogens is 324 g/mol. The van der Waals surface area contributed by atoms with Gasteiger partial charge in [-0.3, -0.25) is 0 Å². The number of hydrogen-bond acceptors (Lipinski definition) is 4. The fourth-order valence-corrected chi connectivity index (χ4v) is 5.79. The van der Waals surface area contributed by atoms with Crippen molar-refractivity contribution < 1.29 is 4.74 Å². The van der Waals surface area contributed by atoms with Gasteiger partial charge in [0, 0.05) is 12.6 Å². The van der Waals surface area contributed by atoms with Crippen molar-refractivity contribution >= 4 is 27.8 Å². The third-order valence-corrected chi connectivity index (χ3v) is 6.26. The molecular formula is C21H26N4O. The molecule has 1 aliphatic carbocycles. The minimum atomic E-state index is 0.368. The summed E-state index contributed by atoms with van der Waals surface area (Å²) < 4.78 is 5.58. The fraction of sp³-hybridized carbons (Fsp3) is 0.524. The van der Waals surface area contributed by atoms with Gasteiger partial charge in [-0.1, -0.05) is 26.8 Å². The zero-order valence-corrected chi connectivity index (χ0v) is 16.0. The van der Waals surface area contributed by atoms with Crippen molar-refractivity contribution in [3.63, 3.8) is 0 Å². The topological polar surface area (TPSA) is 54.0 Å². The highest BCUT2D eigenvalue weighted by Gasteiger charge is 2.50. The Bertz CT molecular complexity index is 1010. The number of aromatic amines is 1. The van der Waals surface area contributed by atoms with Crippen LogP contribution in [-0.4, -0.2) is 34.6 Å². The van der Waals surface area contributed by atoms with E-state index in [2.05, 4.69) is 41.7 Å². The maximum atomic E-state index is 5.58. The molecule has 3 aromatic rings. The molecule has 2 fully saturated rings. The summed E-state index contributed by atoms with van der Waals surface area (Å²) in [4.78, 5) is 15.4. The van der Waals surface area contributed by atoms with E-state index in [9.17, 15) is 0 Å². The summed E-state index contributed by atoms with van der Waals surface area (Å²) >= 11 is 0. The van der Waals surface area contributed by atoms with E-state index in [-0.39, 0.29) is 0 Å². The van der Waals surface area contributed by atoms with Crippen molar-refractivity contribution in [1.29, 1.82) is 0 Å². The molecule has 1 saturated heterocycles. The van der Waals surface area contributed by atoms with Gasteiger partial charge in [-0.2, -0.15) is 0 Å². The highest BCUT2D eigenvalue weighted by molar-refractivity contribution is 6.11. The van der Waals surface area contributed by atoms with E-state index in [1.807, 2.05) is 12.1 Å². The van der Waals surface area contributed by atoms with Crippen molar-refractivity contribution in [3.8, 4) is 5.75 Å². The molecule has 0 spiro atoms. The van der Waals surface area contributed by atoms with Gasteiger partial charge in [0.25, 0.3) is 0 Å². The normalized spacial score (nSPS) is 27.4. The van der Waals surface area contributed by atoms with E-state index in [1.165, 1.54) is 19.3 Å². The van der Waals surface area contributed by atoms with Crippen LogP contribution in [0, 0.1) is 10.8 Å². The fourth-order valence-electron chi connectivity index (χ4n) is 5.79. The van der Waals surface area contributed by atoms with Crippen LogP contribution in [0.5, 0.6) is 5.75 Å². The summed E-state index contributed by atoms with van der Waals surface area (Å²) in [6.45, 7) is 8.32. The van der Waals surface area contributed by atoms with E-state index < -0.39 is 0 Å². The predicted molar refractivity (Wildman–Crippen MR) is 105 cm³/mol. The van der Waals surface area contributed by atoms with Crippen molar-refractivity contribution in [2.45, 2.75) is 46.1 Å². The molecule has 26 heavy (non-hydrogen) atoms. The molecule has 5 nitrogen and oxygen atoms in total. The van der Waals surface area contributed by atoms with E-state index in [0.717, 1.165) is 40.0 Å².